The van der Waals surface area contributed by atoms with E-state index in [1.165, 1.54) is 18.2 Å². The summed E-state index contributed by atoms with van der Waals surface area (Å²) in [6, 6.07) is 3.92. The molecule has 1 aromatic carbocycles. The van der Waals surface area contributed by atoms with Crippen molar-refractivity contribution in [1.29, 1.82) is 0 Å². The molecule has 2 rings (SSSR count). The van der Waals surface area contributed by atoms with Crippen molar-refractivity contribution in [2.45, 2.75) is 12.2 Å². The van der Waals surface area contributed by atoms with Gasteiger partial charge in [-0.25, -0.2) is 0 Å². The standard InChI is InChI=1S/C11H12N2O5/c14-6-7-3-8(13(17)18)1-2-9(7)12-4-10(15)11(16)5-12/h1-3,6,10-11,15-16H,4-5H2. The van der Waals surface area contributed by atoms with Crippen molar-refractivity contribution in [3.05, 3.63) is 33.9 Å². The van der Waals surface area contributed by atoms with Crippen LogP contribution in [0.15, 0.2) is 18.2 Å². The van der Waals surface area contributed by atoms with Gasteiger partial charge in [0.15, 0.2) is 6.29 Å². The number of benzene rings is 1. The van der Waals surface area contributed by atoms with E-state index in [9.17, 15) is 25.1 Å². The quantitative estimate of drug-likeness (QED) is 0.444. The Balaban J connectivity index is 2.34. The number of aliphatic hydroxyl groups excluding tert-OH is 2. The van der Waals surface area contributed by atoms with Gasteiger partial charge in [0.1, 0.15) is 0 Å². The maximum Gasteiger partial charge on any atom is 0.270 e. The minimum absolute atomic E-state index is 0.166. The van der Waals surface area contributed by atoms with Crippen molar-refractivity contribution in [2.24, 2.45) is 0 Å². The Morgan fingerprint density at radius 2 is 1.94 bits per heavy atom. The third kappa shape index (κ3) is 2.18. The predicted octanol–water partition coefficient (Wildman–Crippen LogP) is -0.0509. The van der Waals surface area contributed by atoms with Crippen molar-refractivity contribution in [2.75, 3.05) is 18.0 Å². The van der Waals surface area contributed by atoms with Crippen LogP contribution < -0.4 is 4.90 Å². The second-order valence-electron chi connectivity index (χ2n) is 4.16. The van der Waals surface area contributed by atoms with Gasteiger partial charge in [0.2, 0.25) is 0 Å². The molecule has 1 heterocycles. The van der Waals surface area contributed by atoms with Crippen LogP contribution in [0.3, 0.4) is 0 Å². The minimum atomic E-state index is -0.875. The Morgan fingerprint density at radius 3 is 2.44 bits per heavy atom. The molecule has 1 aliphatic rings. The summed E-state index contributed by atoms with van der Waals surface area (Å²) in [5.74, 6) is 0. The maximum atomic E-state index is 10.9. The molecule has 1 fully saturated rings. The molecular weight excluding hydrogens is 240 g/mol. The molecule has 2 atom stereocenters. The number of nitro groups is 1. The van der Waals surface area contributed by atoms with Crippen LogP contribution in [-0.4, -0.2) is 46.7 Å². The van der Waals surface area contributed by atoms with Crippen molar-refractivity contribution >= 4 is 17.7 Å². The molecule has 1 aliphatic heterocycles. The van der Waals surface area contributed by atoms with Gasteiger partial charge >= 0.3 is 0 Å². The fraction of sp³-hybridized carbons (Fsp3) is 0.364. The molecule has 0 aromatic heterocycles. The molecular formula is C11H12N2O5. The van der Waals surface area contributed by atoms with Crippen molar-refractivity contribution < 1.29 is 19.9 Å². The second-order valence-corrected chi connectivity index (χ2v) is 4.16. The zero-order valence-electron chi connectivity index (χ0n) is 9.39. The highest BCUT2D eigenvalue weighted by Gasteiger charge is 2.31. The van der Waals surface area contributed by atoms with Crippen LogP contribution in [0, 0.1) is 10.1 Å². The van der Waals surface area contributed by atoms with Gasteiger partial charge in [-0.2, -0.15) is 0 Å². The number of rotatable bonds is 3. The number of β-amino-alcohol motifs (C(OH)–C–C–N with tert-alkyl or cyclic N) is 2. The summed E-state index contributed by atoms with van der Waals surface area (Å²) >= 11 is 0. The average molecular weight is 252 g/mol. The van der Waals surface area contributed by atoms with Crippen LogP contribution in [-0.2, 0) is 0 Å². The SMILES string of the molecule is O=Cc1cc([N+](=O)[O-])ccc1N1CC(O)C(O)C1. The van der Waals surface area contributed by atoms with Crippen molar-refractivity contribution in [3.63, 3.8) is 0 Å². The number of carbonyl (C=O) groups excluding carboxylic acids is 1. The fourth-order valence-corrected chi connectivity index (χ4v) is 2.00. The van der Waals surface area contributed by atoms with E-state index in [2.05, 4.69) is 0 Å². The molecule has 7 heteroatoms. The number of hydrogen-bond acceptors (Lipinski definition) is 6. The van der Waals surface area contributed by atoms with Crippen molar-refractivity contribution in [1.82, 2.24) is 0 Å². The highest BCUT2D eigenvalue weighted by atomic mass is 16.6. The highest BCUT2D eigenvalue weighted by Crippen LogP contribution is 2.27. The zero-order chi connectivity index (χ0) is 13.3. The monoisotopic (exact) mass is 252 g/mol. The van der Waals surface area contributed by atoms with E-state index in [4.69, 9.17) is 0 Å². The van der Waals surface area contributed by atoms with Gasteiger partial charge in [0.25, 0.3) is 5.69 Å². The van der Waals surface area contributed by atoms with Crippen molar-refractivity contribution in [3.8, 4) is 0 Å². The topological polar surface area (TPSA) is 104 Å². The van der Waals surface area contributed by atoms with Gasteiger partial charge in [0.05, 0.1) is 17.1 Å². The molecule has 0 radical (unpaired) electrons. The number of carbonyl (C=O) groups is 1. The van der Waals surface area contributed by atoms with E-state index in [0.29, 0.717) is 12.0 Å². The number of aliphatic hydroxyl groups is 2. The molecule has 1 saturated heterocycles. The maximum absolute atomic E-state index is 10.9. The number of nitro benzene ring substituents is 1. The largest absolute Gasteiger partial charge is 0.389 e. The smallest absolute Gasteiger partial charge is 0.270 e. The Kier molecular flexibility index (Phi) is 3.26. The first kappa shape index (κ1) is 12.5. The highest BCUT2D eigenvalue weighted by molar-refractivity contribution is 5.86. The number of nitrogens with zero attached hydrogens (tertiary/aromatic N) is 2. The van der Waals surface area contributed by atoms with Crippen LogP contribution in [0.5, 0.6) is 0 Å². The molecule has 96 valence electrons. The number of hydrogen-bond donors (Lipinski definition) is 2. The van der Waals surface area contributed by atoms with Crippen LogP contribution in [0.25, 0.3) is 0 Å². The van der Waals surface area contributed by atoms with Crippen LogP contribution in [0.1, 0.15) is 10.4 Å². The average Bonchev–Trinajstić information content (AvgIpc) is 2.68. The lowest BCUT2D eigenvalue weighted by Crippen LogP contribution is -2.22. The number of aldehydes is 1. The Hall–Kier alpha value is -1.99. The van der Waals surface area contributed by atoms with E-state index < -0.39 is 17.1 Å². The van der Waals surface area contributed by atoms with Gasteiger partial charge in [0, 0.05) is 36.5 Å². The lowest BCUT2D eigenvalue weighted by molar-refractivity contribution is -0.384. The van der Waals surface area contributed by atoms with E-state index >= 15 is 0 Å². The van der Waals surface area contributed by atoms with E-state index in [-0.39, 0.29) is 24.3 Å². The Bertz CT molecular complexity index is 480. The summed E-state index contributed by atoms with van der Waals surface area (Å²) in [5.41, 5.74) is 0.484. The summed E-state index contributed by atoms with van der Waals surface area (Å²) in [7, 11) is 0. The van der Waals surface area contributed by atoms with Gasteiger partial charge in [-0.05, 0) is 6.07 Å². The molecule has 2 unspecified atom stereocenters. The van der Waals surface area contributed by atoms with E-state index in [1.54, 1.807) is 4.90 Å². The first-order valence-electron chi connectivity index (χ1n) is 5.37. The third-order valence-electron chi connectivity index (χ3n) is 2.95. The summed E-state index contributed by atoms with van der Waals surface area (Å²) in [4.78, 5) is 22.6. The van der Waals surface area contributed by atoms with Crippen LogP contribution in [0.4, 0.5) is 11.4 Å². The zero-order valence-corrected chi connectivity index (χ0v) is 9.39. The van der Waals surface area contributed by atoms with Crippen LogP contribution >= 0.6 is 0 Å². The molecule has 1 aromatic rings. The molecule has 0 saturated carbocycles. The molecule has 0 amide bonds. The number of non-ortho nitro benzene ring substituents is 1. The first-order chi connectivity index (χ1) is 8.52. The second kappa shape index (κ2) is 4.71. The summed E-state index contributed by atoms with van der Waals surface area (Å²) in [5, 5.41) is 29.5. The van der Waals surface area contributed by atoms with Gasteiger partial charge in [-0.1, -0.05) is 0 Å². The molecule has 0 aliphatic carbocycles. The first-order valence-corrected chi connectivity index (χ1v) is 5.37. The number of anilines is 1. The van der Waals surface area contributed by atoms with E-state index in [1.807, 2.05) is 0 Å². The summed E-state index contributed by atoms with van der Waals surface area (Å²) in [6.07, 6.45) is -1.22. The van der Waals surface area contributed by atoms with E-state index in [0.717, 1.165) is 0 Å². The summed E-state index contributed by atoms with van der Waals surface area (Å²) < 4.78 is 0. The lowest BCUT2D eigenvalue weighted by Gasteiger charge is -2.19. The van der Waals surface area contributed by atoms with Gasteiger partial charge in [-0.15, -0.1) is 0 Å². The molecule has 7 nitrogen and oxygen atoms in total. The third-order valence-corrected chi connectivity index (χ3v) is 2.95. The Labute approximate surface area is 102 Å². The minimum Gasteiger partial charge on any atom is -0.389 e. The summed E-state index contributed by atoms with van der Waals surface area (Å²) in [6.45, 7) is 0.389. The lowest BCUT2D eigenvalue weighted by atomic mass is 10.1. The molecule has 2 N–H and O–H groups in total. The Morgan fingerprint density at radius 1 is 1.33 bits per heavy atom. The predicted molar refractivity (Wildman–Crippen MR) is 62.7 cm³/mol. The molecule has 0 spiro atoms. The van der Waals surface area contributed by atoms with Crippen LogP contribution in [0.2, 0.25) is 0 Å². The fourth-order valence-electron chi connectivity index (χ4n) is 2.00. The normalized spacial score (nSPS) is 23.1. The van der Waals surface area contributed by atoms with Gasteiger partial charge < -0.3 is 15.1 Å². The molecule has 0 bridgehead atoms. The van der Waals surface area contributed by atoms with Gasteiger partial charge in [-0.3, -0.25) is 14.9 Å². The molecule has 18 heavy (non-hydrogen) atoms.